The Morgan fingerprint density at radius 3 is 1.94 bits per heavy atom. The lowest BCUT2D eigenvalue weighted by Gasteiger charge is -2.03. The molecule has 0 saturated heterocycles. The van der Waals surface area contributed by atoms with Gasteiger partial charge < -0.3 is 0 Å². The zero-order chi connectivity index (χ0) is 12.2. The van der Waals surface area contributed by atoms with Gasteiger partial charge in [0.05, 0.1) is 0 Å². The molecule has 0 aromatic carbocycles. The van der Waals surface area contributed by atoms with Crippen molar-refractivity contribution >= 4 is 0 Å². The molecule has 0 saturated carbocycles. The van der Waals surface area contributed by atoms with E-state index in [2.05, 4.69) is 18.3 Å². The lowest BCUT2D eigenvalue weighted by atomic mass is 10.1. The molecule has 17 heavy (non-hydrogen) atoms. The Morgan fingerprint density at radius 2 is 1.41 bits per heavy atom. The van der Waals surface area contributed by atoms with Gasteiger partial charge in [0, 0.05) is 11.9 Å². The van der Waals surface area contributed by atoms with Gasteiger partial charge in [0.2, 0.25) is 0 Å². The van der Waals surface area contributed by atoms with Crippen LogP contribution in [0.25, 0.3) is 0 Å². The highest BCUT2D eigenvalue weighted by atomic mass is 14.9. The summed E-state index contributed by atoms with van der Waals surface area (Å²) in [5.41, 5.74) is 1.27. The van der Waals surface area contributed by atoms with Crippen LogP contribution in [0.4, 0.5) is 0 Å². The van der Waals surface area contributed by atoms with E-state index in [-0.39, 0.29) is 0 Å². The third kappa shape index (κ3) is 8.06. The van der Waals surface area contributed by atoms with Crippen LogP contribution in [0.15, 0.2) is 24.0 Å². The van der Waals surface area contributed by atoms with Crippen molar-refractivity contribution in [2.24, 2.45) is 0 Å². The fourth-order valence-corrected chi connectivity index (χ4v) is 2.28. The summed E-state index contributed by atoms with van der Waals surface area (Å²) in [6.45, 7) is 2.28. The molecule has 0 aromatic heterocycles. The van der Waals surface area contributed by atoms with Gasteiger partial charge >= 0.3 is 0 Å². The molecule has 1 radical (unpaired) electrons. The molecule has 0 atom stereocenters. The summed E-state index contributed by atoms with van der Waals surface area (Å²) in [5.74, 6) is 0. The van der Waals surface area contributed by atoms with E-state index in [1.807, 2.05) is 12.3 Å². The van der Waals surface area contributed by atoms with Crippen LogP contribution in [0.2, 0.25) is 0 Å². The molecule has 0 N–H and O–H groups in total. The zero-order valence-electron chi connectivity index (χ0n) is 11.5. The number of rotatable bonds is 11. The molecule has 0 fully saturated rings. The lowest BCUT2D eigenvalue weighted by Crippen LogP contribution is -1.92. The number of nitrogens with zero attached hydrogens (tertiary/aromatic N) is 1. The van der Waals surface area contributed by atoms with Crippen LogP contribution < -0.4 is 5.32 Å². The summed E-state index contributed by atoms with van der Waals surface area (Å²) < 4.78 is 0. The second kappa shape index (κ2) is 10.4. The number of hydrogen-bond acceptors (Lipinski definition) is 0. The normalized spacial score (nSPS) is 13.8. The first-order chi connectivity index (χ1) is 8.43. The van der Waals surface area contributed by atoms with E-state index >= 15 is 0 Å². The molecule has 97 valence electrons. The Morgan fingerprint density at radius 1 is 0.824 bits per heavy atom. The van der Waals surface area contributed by atoms with Gasteiger partial charge in [0.1, 0.15) is 0 Å². The van der Waals surface area contributed by atoms with Crippen molar-refractivity contribution in [1.82, 2.24) is 5.32 Å². The van der Waals surface area contributed by atoms with E-state index in [1.54, 1.807) is 0 Å². The standard InChI is InChI=1S/C16H28N/c1-2-3-4-5-6-7-8-9-10-11-13-16-14-12-15-17-16/h12,14-15H,2-11,13H2,1H3. The smallest absolute Gasteiger partial charge is 0.0404 e. The quantitative estimate of drug-likeness (QED) is 0.430. The molecule has 1 aliphatic heterocycles. The third-order valence-corrected chi connectivity index (χ3v) is 3.40. The average molecular weight is 234 g/mol. The minimum absolute atomic E-state index is 1.17. The lowest BCUT2D eigenvalue weighted by molar-refractivity contribution is 0.554. The van der Waals surface area contributed by atoms with Crippen molar-refractivity contribution < 1.29 is 0 Å². The molecular weight excluding hydrogens is 206 g/mol. The summed E-state index contributed by atoms with van der Waals surface area (Å²) >= 11 is 0. The summed E-state index contributed by atoms with van der Waals surface area (Å²) in [5, 5.41) is 4.29. The van der Waals surface area contributed by atoms with Gasteiger partial charge in [-0.3, -0.25) is 5.32 Å². The van der Waals surface area contributed by atoms with Crippen molar-refractivity contribution in [2.45, 2.75) is 77.6 Å². The fourth-order valence-electron chi connectivity index (χ4n) is 2.28. The number of unbranched alkanes of at least 4 members (excludes halogenated alkanes) is 9. The second-order valence-corrected chi connectivity index (χ2v) is 5.06. The van der Waals surface area contributed by atoms with E-state index in [0.717, 1.165) is 0 Å². The first-order valence-corrected chi connectivity index (χ1v) is 7.50. The minimum Gasteiger partial charge on any atom is -0.261 e. The predicted octanol–water partition coefficient (Wildman–Crippen LogP) is 5.31. The largest absolute Gasteiger partial charge is 0.261 e. The van der Waals surface area contributed by atoms with Crippen LogP contribution in [0.5, 0.6) is 0 Å². The van der Waals surface area contributed by atoms with E-state index in [4.69, 9.17) is 0 Å². The Balaban J connectivity index is 1.72. The minimum atomic E-state index is 1.17. The third-order valence-electron chi connectivity index (χ3n) is 3.40. The summed E-state index contributed by atoms with van der Waals surface area (Å²) in [6.07, 6.45) is 21.3. The molecule has 1 heterocycles. The Kier molecular flexibility index (Phi) is 8.80. The van der Waals surface area contributed by atoms with Crippen molar-refractivity contribution in [1.29, 1.82) is 0 Å². The Hall–Kier alpha value is -0.720. The van der Waals surface area contributed by atoms with Gasteiger partial charge in [-0.1, -0.05) is 64.7 Å². The molecule has 0 spiro atoms. The molecule has 0 aromatic rings. The van der Waals surface area contributed by atoms with Crippen molar-refractivity contribution in [3.63, 3.8) is 0 Å². The van der Waals surface area contributed by atoms with E-state index in [1.165, 1.54) is 76.3 Å². The zero-order valence-corrected chi connectivity index (χ0v) is 11.5. The molecule has 0 unspecified atom stereocenters. The van der Waals surface area contributed by atoms with Gasteiger partial charge in [0.25, 0.3) is 0 Å². The van der Waals surface area contributed by atoms with Crippen LogP contribution in [-0.2, 0) is 0 Å². The summed E-state index contributed by atoms with van der Waals surface area (Å²) in [7, 11) is 0. The van der Waals surface area contributed by atoms with Gasteiger partial charge in [-0.15, -0.1) is 0 Å². The Labute approximate surface area is 107 Å². The second-order valence-electron chi connectivity index (χ2n) is 5.06. The molecule has 0 aliphatic carbocycles. The van der Waals surface area contributed by atoms with Gasteiger partial charge in [-0.05, 0) is 25.0 Å². The van der Waals surface area contributed by atoms with E-state index in [9.17, 15) is 0 Å². The van der Waals surface area contributed by atoms with Crippen molar-refractivity contribution in [3.8, 4) is 0 Å². The average Bonchev–Trinajstić information content (AvgIpc) is 2.85. The molecule has 1 heteroatoms. The summed E-state index contributed by atoms with van der Waals surface area (Å²) in [4.78, 5) is 0. The first kappa shape index (κ1) is 14.3. The highest BCUT2D eigenvalue weighted by Crippen LogP contribution is 2.14. The molecule has 0 amide bonds. The maximum Gasteiger partial charge on any atom is 0.0404 e. The first-order valence-electron chi connectivity index (χ1n) is 7.50. The summed E-state index contributed by atoms with van der Waals surface area (Å²) in [6, 6.07) is 0. The van der Waals surface area contributed by atoms with Gasteiger partial charge in [-0.2, -0.15) is 0 Å². The van der Waals surface area contributed by atoms with Crippen molar-refractivity contribution in [3.05, 3.63) is 24.0 Å². The molecule has 1 rings (SSSR count). The topological polar surface area (TPSA) is 14.1 Å². The van der Waals surface area contributed by atoms with E-state index in [0.29, 0.717) is 0 Å². The van der Waals surface area contributed by atoms with Crippen LogP contribution >= 0.6 is 0 Å². The van der Waals surface area contributed by atoms with Crippen LogP contribution in [0.3, 0.4) is 0 Å². The monoisotopic (exact) mass is 234 g/mol. The maximum absolute atomic E-state index is 4.29. The van der Waals surface area contributed by atoms with Gasteiger partial charge in [-0.25, -0.2) is 0 Å². The maximum atomic E-state index is 4.29. The molecule has 1 aliphatic rings. The van der Waals surface area contributed by atoms with Crippen molar-refractivity contribution in [2.75, 3.05) is 0 Å². The number of hydrogen-bond donors (Lipinski definition) is 0. The Bertz CT molecular complexity index is 228. The van der Waals surface area contributed by atoms with E-state index < -0.39 is 0 Å². The van der Waals surface area contributed by atoms with Crippen LogP contribution in [-0.4, -0.2) is 0 Å². The predicted molar refractivity (Wildman–Crippen MR) is 75.8 cm³/mol. The number of allylic oxidation sites excluding steroid dienone is 3. The molecule has 1 nitrogen and oxygen atoms in total. The van der Waals surface area contributed by atoms with Gasteiger partial charge in [0.15, 0.2) is 0 Å². The van der Waals surface area contributed by atoms with Crippen LogP contribution in [0.1, 0.15) is 77.6 Å². The molecular formula is C16H28N. The fraction of sp³-hybridized carbons (Fsp3) is 0.750. The van der Waals surface area contributed by atoms with Crippen LogP contribution in [0, 0.1) is 0 Å². The molecule has 0 bridgehead atoms. The highest BCUT2D eigenvalue weighted by Gasteiger charge is 1.99. The SMILES string of the molecule is CCCCCCCCCCCCC1=CC=C[N]1. The highest BCUT2D eigenvalue weighted by molar-refractivity contribution is 5.18.